The second kappa shape index (κ2) is 11.3. The molecule has 2 aromatic rings. The number of benzene rings is 2. The van der Waals surface area contributed by atoms with Crippen molar-refractivity contribution in [1.82, 2.24) is 5.32 Å². The van der Waals surface area contributed by atoms with E-state index in [0.29, 0.717) is 19.3 Å². The lowest BCUT2D eigenvalue weighted by Crippen LogP contribution is -2.50. The lowest BCUT2D eigenvalue weighted by atomic mass is 9.98. The van der Waals surface area contributed by atoms with Crippen LogP contribution < -0.4 is 15.8 Å². The molecule has 0 radical (unpaired) electrons. The molecule has 0 saturated carbocycles. The van der Waals surface area contributed by atoms with Gasteiger partial charge in [-0.05, 0) is 56.9 Å². The van der Waals surface area contributed by atoms with Crippen LogP contribution in [0.1, 0.15) is 44.7 Å². The Morgan fingerprint density at radius 1 is 1.03 bits per heavy atom. The highest BCUT2D eigenvalue weighted by molar-refractivity contribution is 5.91. The molecule has 5 heteroatoms. The lowest BCUT2D eigenvalue weighted by molar-refractivity contribution is -0.128. The van der Waals surface area contributed by atoms with Crippen LogP contribution in [0.4, 0.5) is 0 Å². The summed E-state index contributed by atoms with van der Waals surface area (Å²) in [5.74, 6) is 2.79. The molecule has 164 valence electrons. The molecule has 5 nitrogen and oxygen atoms in total. The Morgan fingerprint density at radius 2 is 1.65 bits per heavy atom. The fourth-order valence-corrected chi connectivity index (χ4v) is 3.14. The number of ketones is 1. The van der Waals surface area contributed by atoms with Gasteiger partial charge in [-0.1, -0.05) is 42.5 Å². The van der Waals surface area contributed by atoms with E-state index in [1.54, 1.807) is 0 Å². The summed E-state index contributed by atoms with van der Waals surface area (Å²) in [7, 11) is 0. The van der Waals surface area contributed by atoms with Gasteiger partial charge in [0.15, 0.2) is 5.78 Å². The average Bonchev–Trinajstić information content (AvgIpc) is 2.72. The van der Waals surface area contributed by atoms with Crippen LogP contribution >= 0.6 is 0 Å². The number of amides is 1. The van der Waals surface area contributed by atoms with Gasteiger partial charge >= 0.3 is 0 Å². The first-order valence-corrected chi connectivity index (χ1v) is 10.5. The minimum Gasteiger partial charge on any atom is -0.488 e. The third-order valence-corrected chi connectivity index (χ3v) is 4.64. The molecule has 2 rings (SSSR count). The molecule has 0 aliphatic rings. The van der Waals surface area contributed by atoms with Crippen molar-refractivity contribution in [2.24, 2.45) is 5.73 Å². The van der Waals surface area contributed by atoms with Crippen LogP contribution in [0, 0.1) is 12.3 Å². The Hall–Kier alpha value is -3.10. The molecule has 31 heavy (non-hydrogen) atoms. The average molecular weight is 421 g/mol. The van der Waals surface area contributed by atoms with Gasteiger partial charge in [-0.3, -0.25) is 9.59 Å². The molecule has 0 fully saturated rings. The number of rotatable bonds is 10. The molecule has 0 unspecified atom stereocenters. The van der Waals surface area contributed by atoms with E-state index in [1.807, 2.05) is 75.4 Å². The van der Waals surface area contributed by atoms with Gasteiger partial charge in [0.25, 0.3) is 0 Å². The lowest BCUT2D eigenvalue weighted by Gasteiger charge is -2.22. The van der Waals surface area contributed by atoms with E-state index in [9.17, 15) is 9.59 Å². The van der Waals surface area contributed by atoms with Gasteiger partial charge in [-0.25, -0.2) is 0 Å². The largest absolute Gasteiger partial charge is 0.488 e. The van der Waals surface area contributed by atoms with Gasteiger partial charge in [-0.15, -0.1) is 12.3 Å². The molecule has 0 heterocycles. The second-order valence-electron chi connectivity index (χ2n) is 8.59. The van der Waals surface area contributed by atoms with Crippen LogP contribution in [0.15, 0.2) is 54.6 Å². The molecule has 0 saturated heterocycles. The molecule has 3 N–H and O–H groups in total. The van der Waals surface area contributed by atoms with Crippen molar-refractivity contribution in [2.45, 2.75) is 64.1 Å². The van der Waals surface area contributed by atoms with Gasteiger partial charge in [-0.2, -0.15) is 0 Å². The summed E-state index contributed by atoms with van der Waals surface area (Å²) >= 11 is 0. The molecule has 2 aromatic carbocycles. The fraction of sp³-hybridized carbons (Fsp3) is 0.385. The molecular formula is C26H32N2O3. The molecule has 0 aliphatic carbocycles. The number of nitrogens with two attached hydrogens (primary N) is 1. The molecule has 0 bridgehead atoms. The minimum atomic E-state index is -0.770. The zero-order valence-electron chi connectivity index (χ0n) is 18.6. The van der Waals surface area contributed by atoms with Gasteiger partial charge < -0.3 is 15.8 Å². The highest BCUT2D eigenvalue weighted by Gasteiger charge is 2.24. The number of ether oxygens (including phenoxy) is 1. The van der Waals surface area contributed by atoms with E-state index in [2.05, 4.69) is 11.2 Å². The second-order valence-corrected chi connectivity index (χ2v) is 8.59. The zero-order valence-corrected chi connectivity index (χ0v) is 18.6. The number of hydrogen-bond donors (Lipinski definition) is 2. The maximum Gasteiger partial charge on any atom is 0.237 e. The van der Waals surface area contributed by atoms with Gasteiger partial charge in [0.2, 0.25) is 5.91 Å². The Kier molecular flexibility index (Phi) is 8.84. The maximum absolute atomic E-state index is 12.7. The van der Waals surface area contributed by atoms with E-state index in [1.165, 1.54) is 0 Å². The van der Waals surface area contributed by atoms with Crippen molar-refractivity contribution >= 4 is 11.7 Å². The normalized spacial score (nSPS) is 13.0. The predicted molar refractivity (Wildman–Crippen MR) is 124 cm³/mol. The van der Waals surface area contributed by atoms with Crippen LogP contribution in [0.25, 0.3) is 0 Å². The first-order chi connectivity index (χ1) is 14.7. The third-order valence-electron chi connectivity index (χ3n) is 4.64. The molecule has 0 aromatic heterocycles. The van der Waals surface area contributed by atoms with Crippen LogP contribution in [-0.2, 0) is 22.4 Å². The van der Waals surface area contributed by atoms with Gasteiger partial charge in [0.1, 0.15) is 11.4 Å². The number of hydrogen-bond acceptors (Lipinski definition) is 4. The topological polar surface area (TPSA) is 81.4 Å². The van der Waals surface area contributed by atoms with Crippen LogP contribution in [0.3, 0.4) is 0 Å². The van der Waals surface area contributed by atoms with Crippen molar-refractivity contribution in [2.75, 3.05) is 0 Å². The first-order valence-electron chi connectivity index (χ1n) is 10.5. The standard InChI is InChI=1S/C26H32N2O3/c1-5-6-12-24(29)23(18-19-10-8-7-9-11-19)28-25(30)22(27)17-20-13-15-21(16-14-20)31-26(2,3)4/h1,7-11,13-16,22-23H,6,12,17-18,27H2,2-4H3,(H,28,30)/t22-,23-/m0/s1. The van der Waals surface area contributed by atoms with E-state index in [-0.39, 0.29) is 23.7 Å². The van der Waals surface area contributed by atoms with E-state index in [0.717, 1.165) is 16.9 Å². The third kappa shape index (κ3) is 8.65. The van der Waals surface area contributed by atoms with E-state index < -0.39 is 12.1 Å². The zero-order chi connectivity index (χ0) is 22.9. The van der Waals surface area contributed by atoms with Gasteiger partial charge in [0.05, 0.1) is 12.1 Å². The quantitative estimate of drug-likeness (QED) is 0.577. The van der Waals surface area contributed by atoms with Crippen molar-refractivity contribution in [1.29, 1.82) is 0 Å². The summed E-state index contributed by atoms with van der Waals surface area (Å²) in [5.41, 5.74) is 7.75. The summed E-state index contributed by atoms with van der Waals surface area (Å²) in [6, 6.07) is 15.7. The summed E-state index contributed by atoms with van der Waals surface area (Å²) in [6.45, 7) is 5.95. The van der Waals surface area contributed by atoms with Crippen molar-refractivity contribution in [3.05, 3.63) is 65.7 Å². The number of Topliss-reactive ketones (excluding diaryl/α,β-unsaturated/α-hetero) is 1. The Morgan fingerprint density at radius 3 is 2.23 bits per heavy atom. The molecule has 1 amide bonds. The molecule has 2 atom stereocenters. The smallest absolute Gasteiger partial charge is 0.237 e. The number of terminal acetylenes is 1. The molecule has 0 aliphatic heterocycles. The number of nitrogens with one attached hydrogen (secondary N) is 1. The van der Waals surface area contributed by atoms with Crippen molar-refractivity contribution < 1.29 is 14.3 Å². The summed E-state index contributed by atoms with van der Waals surface area (Å²) in [5, 5.41) is 2.83. The minimum absolute atomic E-state index is 0.0916. The van der Waals surface area contributed by atoms with E-state index >= 15 is 0 Å². The molecule has 0 spiro atoms. The number of carbonyl (C=O) groups excluding carboxylic acids is 2. The summed E-state index contributed by atoms with van der Waals surface area (Å²) in [4.78, 5) is 25.3. The SMILES string of the molecule is C#CCCC(=O)[C@H](Cc1ccccc1)NC(=O)[C@@H](N)Cc1ccc(OC(C)(C)C)cc1. The van der Waals surface area contributed by atoms with Crippen LogP contribution in [-0.4, -0.2) is 29.4 Å². The predicted octanol–water partition coefficient (Wildman–Crippen LogP) is 3.44. The first kappa shape index (κ1) is 24.2. The van der Waals surface area contributed by atoms with E-state index in [4.69, 9.17) is 16.9 Å². The Bertz CT molecular complexity index is 893. The van der Waals surface area contributed by atoms with Crippen molar-refractivity contribution in [3.8, 4) is 18.1 Å². The fourth-order valence-electron chi connectivity index (χ4n) is 3.14. The Balaban J connectivity index is 2.01. The maximum atomic E-state index is 12.7. The Labute approximate surface area is 185 Å². The highest BCUT2D eigenvalue weighted by Crippen LogP contribution is 2.19. The van der Waals surface area contributed by atoms with Crippen molar-refractivity contribution in [3.63, 3.8) is 0 Å². The van der Waals surface area contributed by atoms with Crippen LogP contribution in [0.2, 0.25) is 0 Å². The van der Waals surface area contributed by atoms with Gasteiger partial charge in [0, 0.05) is 12.8 Å². The van der Waals surface area contributed by atoms with Crippen LogP contribution in [0.5, 0.6) is 5.75 Å². The number of carbonyl (C=O) groups is 2. The summed E-state index contributed by atoms with van der Waals surface area (Å²) in [6.07, 6.45) is 6.62. The molecular weight excluding hydrogens is 388 g/mol. The summed E-state index contributed by atoms with van der Waals surface area (Å²) < 4.78 is 5.81. The highest BCUT2D eigenvalue weighted by atomic mass is 16.5. The monoisotopic (exact) mass is 420 g/mol.